The first-order chi connectivity index (χ1) is 15.7. The molecule has 18 nitrogen and oxygen atoms in total. The third-order valence-corrected chi connectivity index (χ3v) is 7.36. The Balaban J connectivity index is 1.59. The molecule has 10 atom stereocenters. The summed E-state index contributed by atoms with van der Waals surface area (Å²) >= 11 is 0. The lowest BCUT2D eigenvalue weighted by molar-refractivity contribution is -0.245. The third-order valence-electron chi connectivity index (χ3n) is 4.76. The van der Waals surface area contributed by atoms with Crippen molar-refractivity contribution in [2.45, 2.75) is 49.1 Å². The van der Waals surface area contributed by atoms with Gasteiger partial charge in [0.1, 0.15) is 42.4 Å². The van der Waals surface area contributed by atoms with Gasteiger partial charge in [-0.3, -0.25) is 13.6 Å². The molecule has 2 fully saturated rings. The van der Waals surface area contributed by atoms with Crippen molar-refractivity contribution < 1.29 is 67.3 Å². The molecule has 2 aliphatic heterocycles. The molecule has 0 amide bonds. The monoisotopic (exact) mass is 535 g/mol. The maximum Gasteiger partial charge on any atom is 0.483 e. The van der Waals surface area contributed by atoms with Crippen LogP contribution in [-0.4, -0.2) is 101 Å². The number of rotatable bonds is 8. The number of phosphoric ester groups is 2. The highest BCUT2D eigenvalue weighted by Crippen LogP contribution is 2.61. The molecule has 3 heterocycles. The summed E-state index contributed by atoms with van der Waals surface area (Å²) in [6, 6.07) is 1.22. The molecule has 9 N–H and O–H groups in total. The van der Waals surface area contributed by atoms with E-state index in [0.29, 0.717) is 0 Å². The van der Waals surface area contributed by atoms with Crippen LogP contribution in [0, 0.1) is 0 Å². The van der Waals surface area contributed by atoms with Crippen LogP contribution < -0.4 is 11.4 Å². The van der Waals surface area contributed by atoms with Gasteiger partial charge in [0.05, 0.1) is 13.2 Å². The summed E-state index contributed by atoms with van der Waals surface area (Å²) < 4.78 is 47.9. The van der Waals surface area contributed by atoms with Crippen LogP contribution >= 0.6 is 15.6 Å². The Labute approximate surface area is 189 Å². The van der Waals surface area contributed by atoms with Crippen LogP contribution in [0.2, 0.25) is 0 Å². The second-order valence-electron chi connectivity index (χ2n) is 7.26. The minimum atomic E-state index is -5.46. The van der Waals surface area contributed by atoms with E-state index in [0.717, 1.165) is 10.8 Å². The first-order valence-electron chi connectivity index (χ1n) is 9.43. The number of hydrogen-bond acceptors (Lipinski definition) is 15. The van der Waals surface area contributed by atoms with Crippen molar-refractivity contribution in [3.05, 3.63) is 22.7 Å². The predicted molar refractivity (Wildman–Crippen MR) is 104 cm³/mol. The van der Waals surface area contributed by atoms with Gasteiger partial charge in [-0.15, -0.1) is 0 Å². The number of nitrogens with zero attached hydrogens (tertiary/aromatic N) is 2. The largest absolute Gasteiger partial charge is 0.483 e. The number of nitrogen functional groups attached to an aromatic ring is 1. The lowest BCUT2D eigenvalue weighted by Crippen LogP contribution is -2.53. The molecule has 0 bridgehead atoms. The second-order valence-corrected chi connectivity index (χ2v) is 10.3. The number of aliphatic hydroxyl groups is 5. The van der Waals surface area contributed by atoms with Crippen LogP contribution in [0.5, 0.6) is 0 Å². The van der Waals surface area contributed by atoms with Gasteiger partial charge >= 0.3 is 21.3 Å². The maximum atomic E-state index is 12.1. The number of aliphatic hydroxyl groups excluding tert-OH is 5. The Morgan fingerprint density at radius 1 is 1.09 bits per heavy atom. The highest BCUT2D eigenvalue weighted by atomic mass is 31.3. The van der Waals surface area contributed by atoms with Crippen molar-refractivity contribution in [1.82, 2.24) is 9.55 Å². The quantitative estimate of drug-likeness (QED) is 0.148. The Morgan fingerprint density at radius 3 is 2.41 bits per heavy atom. The molecule has 0 radical (unpaired) electrons. The molecule has 20 heteroatoms. The minimum absolute atomic E-state index is 0.111. The maximum absolute atomic E-state index is 12.1. The van der Waals surface area contributed by atoms with E-state index in [1.165, 1.54) is 6.07 Å². The standard InChI is InChI=1S/C14H23N3O15P2/c15-7-1-2-17(14(23)16-7)12-10(21)9(20)6(30-12)4-29-33(24,25)32-34(26,27)31-13-11(22)8(19)5(18)3-28-13/h1-2,5-6,8-13,18-22H,3-4H2,(H,24,25)(H,26,27)(H2,15,16,23)/t5-,6-,8+,9-,10+,11-,12+,13+/m0/s1. The average Bonchev–Trinajstić information content (AvgIpc) is 3.00. The highest BCUT2D eigenvalue weighted by Gasteiger charge is 2.47. The fourth-order valence-electron chi connectivity index (χ4n) is 3.06. The second kappa shape index (κ2) is 10.3. The third kappa shape index (κ3) is 6.26. The number of anilines is 1. The van der Waals surface area contributed by atoms with E-state index < -0.39 is 83.7 Å². The van der Waals surface area contributed by atoms with Crippen molar-refractivity contribution in [2.75, 3.05) is 18.9 Å². The topological polar surface area (TPSA) is 283 Å². The van der Waals surface area contributed by atoms with Crippen molar-refractivity contribution in [2.24, 2.45) is 0 Å². The summed E-state index contributed by atoms with van der Waals surface area (Å²) in [4.78, 5) is 34.8. The highest BCUT2D eigenvalue weighted by molar-refractivity contribution is 7.61. The molecule has 0 spiro atoms. The smallest absolute Gasteiger partial charge is 0.388 e. The Hall–Kier alpha value is -1.34. The average molecular weight is 535 g/mol. The van der Waals surface area contributed by atoms with Crippen LogP contribution in [0.1, 0.15) is 6.23 Å². The molecule has 2 aliphatic rings. The fourth-order valence-corrected chi connectivity index (χ4v) is 5.23. The van der Waals surface area contributed by atoms with Crippen LogP contribution in [0.25, 0.3) is 0 Å². The zero-order valence-electron chi connectivity index (χ0n) is 17.0. The molecule has 34 heavy (non-hydrogen) atoms. The Bertz CT molecular complexity index is 1020. The van der Waals surface area contributed by atoms with Gasteiger partial charge in [-0.2, -0.15) is 9.29 Å². The molecule has 2 unspecified atom stereocenters. The zero-order chi connectivity index (χ0) is 25.4. The van der Waals surface area contributed by atoms with Gasteiger partial charge in [-0.25, -0.2) is 13.9 Å². The van der Waals surface area contributed by atoms with Crippen LogP contribution in [0.3, 0.4) is 0 Å². The van der Waals surface area contributed by atoms with Crippen LogP contribution in [-0.2, 0) is 32.0 Å². The van der Waals surface area contributed by atoms with E-state index in [1.807, 2.05) is 0 Å². The number of hydrogen-bond donors (Lipinski definition) is 8. The summed E-state index contributed by atoms with van der Waals surface area (Å²) in [5.74, 6) is -0.111. The molecule has 0 saturated carbocycles. The first-order valence-corrected chi connectivity index (χ1v) is 12.4. The van der Waals surface area contributed by atoms with Gasteiger partial charge in [0, 0.05) is 6.20 Å². The van der Waals surface area contributed by atoms with E-state index in [1.54, 1.807) is 0 Å². The van der Waals surface area contributed by atoms with Gasteiger partial charge in [-0.1, -0.05) is 0 Å². The summed E-state index contributed by atoms with van der Waals surface area (Å²) in [6.45, 7) is -1.56. The first kappa shape index (κ1) is 27.3. The molecule has 0 aromatic carbocycles. The summed E-state index contributed by atoms with van der Waals surface area (Å²) in [5.41, 5.74) is 4.45. The molecule has 1 aromatic heterocycles. The lowest BCUT2D eigenvalue weighted by Gasteiger charge is -2.35. The van der Waals surface area contributed by atoms with Crippen molar-refractivity contribution in [1.29, 1.82) is 0 Å². The SMILES string of the molecule is Nc1ccn([C@@H]2O[C@@H](COP(=O)(O)OP(=O)(O)O[C@H]3OC[C@H](O)[C@@H](O)[C@@H]3O)[C@H](O)[C@H]2O)c(=O)n1. The predicted octanol–water partition coefficient (Wildman–Crippen LogP) is -3.87. The Kier molecular flexibility index (Phi) is 8.28. The van der Waals surface area contributed by atoms with Crippen molar-refractivity contribution >= 4 is 21.5 Å². The van der Waals surface area contributed by atoms with Crippen molar-refractivity contribution in [3.8, 4) is 0 Å². The Morgan fingerprint density at radius 2 is 1.76 bits per heavy atom. The molecule has 0 aliphatic carbocycles. The molecular formula is C14H23N3O15P2. The van der Waals surface area contributed by atoms with E-state index in [-0.39, 0.29) is 5.82 Å². The minimum Gasteiger partial charge on any atom is -0.388 e. The fraction of sp³-hybridized carbons (Fsp3) is 0.714. The lowest BCUT2D eigenvalue weighted by atomic mass is 10.1. The van der Waals surface area contributed by atoms with Gasteiger partial charge in [0.25, 0.3) is 0 Å². The number of phosphoric acid groups is 2. The molecule has 1 aromatic rings. The van der Waals surface area contributed by atoms with Crippen LogP contribution in [0.4, 0.5) is 5.82 Å². The number of ether oxygens (including phenoxy) is 2. The van der Waals surface area contributed by atoms with Gasteiger partial charge in [0.2, 0.25) is 0 Å². The number of aromatic nitrogens is 2. The molecular weight excluding hydrogens is 512 g/mol. The zero-order valence-corrected chi connectivity index (χ0v) is 18.7. The summed E-state index contributed by atoms with van der Waals surface area (Å²) in [5, 5.41) is 48.9. The molecule has 2 saturated heterocycles. The molecule has 194 valence electrons. The van der Waals surface area contributed by atoms with E-state index in [2.05, 4.69) is 18.3 Å². The van der Waals surface area contributed by atoms with E-state index in [9.17, 15) is 49.2 Å². The summed E-state index contributed by atoms with van der Waals surface area (Å²) in [6.07, 6.45) is -12.6. The number of nitrogens with two attached hydrogens (primary N) is 1. The van der Waals surface area contributed by atoms with E-state index >= 15 is 0 Å². The van der Waals surface area contributed by atoms with Crippen LogP contribution in [0.15, 0.2) is 17.1 Å². The van der Waals surface area contributed by atoms with E-state index in [4.69, 9.17) is 15.2 Å². The van der Waals surface area contributed by atoms with Gasteiger partial charge in [-0.05, 0) is 6.07 Å². The van der Waals surface area contributed by atoms with Gasteiger partial charge < -0.3 is 50.5 Å². The van der Waals surface area contributed by atoms with Crippen molar-refractivity contribution in [3.63, 3.8) is 0 Å². The molecule has 3 rings (SSSR count). The summed E-state index contributed by atoms with van der Waals surface area (Å²) in [7, 11) is -10.9. The van der Waals surface area contributed by atoms with Gasteiger partial charge in [0.15, 0.2) is 12.5 Å². The normalized spacial score (nSPS) is 37.7.